The molecular formula is C18H20N6O4. The Bertz CT molecular complexity index is 839. The molecule has 0 bridgehead atoms. The third kappa shape index (κ3) is 5.09. The van der Waals surface area contributed by atoms with Crippen LogP contribution in [0.1, 0.15) is 20.7 Å². The topological polar surface area (TPSA) is 120 Å². The number of rotatable bonds is 4. The number of aromatic carboxylic acids is 1. The fraction of sp³-hybridized carbons (Fsp3) is 0.278. The van der Waals surface area contributed by atoms with E-state index >= 15 is 0 Å². The van der Waals surface area contributed by atoms with Gasteiger partial charge in [0.25, 0.3) is 0 Å². The van der Waals surface area contributed by atoms with Crippen LogP contribution >= 0.6 is 0 Å². The molecule has 0 radical (unpaired) electrons. The number of carbonyl (C=O) groups excluding carboxylic acids is 1. The predicted molar refractivity (Wildman–Crippen MR) is 101 cm³/mol. The van der Waals surface area contributed by atoms with Gasteiger partial charge in [-0.15, -0.1) is 5.06 Å². The summed E-state index contributed by atoms with van der Waals surface area (Å²) in [6, 6.07) is 6.54. The van der Waals surface area contributed by atoms with E-state index in [2.05, 4.69) is 20.3 Å². The maximum Gasteiger partial charge on any atom is 0.360 e. The minimum atomic E-state index is -0.942. The Morgan fingerprint density at radius 1 is 1.18 bits per heavy atom. The summed E-state index contributed by atoms with van der Waals surface area (Å²) in [6.45, 7) is 3.55. The van der Waals surface area contributed by atoms with Gasteiger partial charge in [-0.05, 0) is 24.3 Å². The molecule has 4 rings (SSSR count). The Balaban J connectivity index is 0.000000211. The molecule has 2 aliphatic heterocycles. The number of nitrogens with one attached hydrogen (secondary N) is 1. The maximum atomic E-state index is 12.2. The zero-order valence-electron chi connectivity index (χ0n) is 15.1. The van der Waals surface area contributed by atoms with E-state index in [0.29, 0.717) is 24.6 Å². The first-order chi connectivity index (χ1) is 13.6. The molecule has 4 heterocycles. The van der Waals surface area contributed by atoms with Crippen molar-refractivity contribution in [3.63, 3.8) is 0 Å². The highest BCUT2D eigenvalue weighted by Gasteiger charge is 2.23. The van der Waals surface area contributed by atoms with Gasteiger partial charge in [0.05, 0.1) is 25.1 Å². The van der Waals surface area contributed by atoms with E-state index in [4.69, 9.17) is 9.94 Å². The van der Waals surface area contributed by atoms with Gasteiger partial charge in [0.2, 0.25) is 0 Å². The minimum absolute atomic E-state index is 0.220. The van der Waals surface area contributed by atoms with Crippen LogP contribution in [0.3, 0.4) is 0 Å². The number of aromatic nitrogens is 2. The number of carboxylic acids is 1. The second-order valence-electron chi connectivity index (χ2n) is 5.88. The van der Waals surface area contributed by atoms with Gasteiger partial charge in [-0.1, -0.05) is 0 Å². The van der Waals surface area contributed by atoms with Crippen molar-refractivity contribution in [1.29, 1.82) is 0 Å². The van der Waals surface area contributed by atoms with E-state index in [9.17, 15) is 9.59 Å². The Labute approximate surface area is 161 Å². The Hall–Kier alpha value is -3.37. The summed E-state index contributed by atoms with van der Waals surface area (Å²) in [4.78, 5) is 41.5. The van der Waals surface area contributed by atoms with Gasteiger partial charge in [-0.25, -0.2) is 14.6 Å². The van der Waals surface area contributed by atoms with E-state index < -0.39 is 5.97 Å². The van der Waals surface area contributed by atoms with Gasteiger partial charge in [-0.3, -0.25) is 9.98 Å². The van der Waals surface area contributed by atoms with Crippen LogP contribution in [0.5, 0.6) is 0 Å². The molecule has 10 nitrogen and oxygen atoms in total. The van der Waals surface area contributed by atoms with Gasteiger partial charge in [-0.2, -0.15) is 0 Å². The van der Waals surface area contributed by atoms with Gasteiger partial charge >= 0.3 is 11.9 Å². The van der Waals surface area contributed by atoms with Crippen LogP contribution in [0.4, 0.5) is 5.82 Å². The lowest BCUT2D eigenvalue weighted by Gasteiger charge is -2.18. The summed E-state index contributed by atoms with van der Waals surface area (Å²) in [7, 11) is 0. The summed E-state index contributed by atoms with van der Waals surface area (Å²) in [5.41, 5.74) is 0.681. The van der Waals surface area contributed by atoms with Crippen LogP contribution in [0.2, 0.25) is 0 Å². The predicted octanol–water partition coefficient (Wildman–Crippen LogP) is 0.644. The molecule has 2 N–H and O–H groups in total. The first-order valence-electron chi connectivity index (χ1n) is 8.68. The van der Waals surface area contributed by atoms with Crippen LogP contribution < -0.4 is 10.2 Å². The lowest BCUT2D eigenvalue weighted by Crippen LogP contribution is -2.28. The Kier molecular flexibility index (Phi) is 6.60. The highest BCUT2D eigenvalue weighted by molar-refractivity contribution is 5.97. The van der Waals surface area contributed by atoms with Crippen molar-refractivity contribution in [3.8, 4) is 0 Å². The molecule has 1 fully saturated rings. The molecule has 0 unspecified atom stereocenters. The van der Waals surface area contributed by atoms with Gasteiger partial charge < -0.3 is 20.2 Å². The van der Waals surface area contributed by atoms with Crippen LogP contribution in [0.25, 0.3) is 0 Å². The van der Waals surface area contributed by atoms with Crippen molar-refractivity contribution in [2.75, 3.05) is 37.7 Å². The number of hydrogen-bond acceptors (Lipinski definition) is 9. The fourth-order valence-corrected chi connectivity index (χ4v) is 2.55. The van der Waals surface area contributed by atoms with Crippen molar-refractivity contribution in [2.24, 2.45) is 4.99 Å². The van der Waals surface area contributed by atoms with Crippen LogP contribution in [-0.4, -0.2) is 71.3 Å². The van der Waals surface area contributed by atoms with Gasteiger partial charge in [0, 0.05) is 38.2 Å². The second kappa shape index (κ2) is 9.53. The number of aliphatic imine (C=N–C) groups is 1. The number of pyridine rings is 2. The lowest BCUT2D eigenvalue weighted by molar-refractivity contribution is -0.0935. The third-order valence-corrected chi connectivity index (χ3v) is 3.92. The van der Waals surface area contributed by atoms with Crippen LogP contribution in [-0.2, 0) is 4.84 Å². The van der Waals surface area contributed by atoms with Gasteiger partial charge in [0.15, 0.2) is 0 Å². The molecule has 0 amide bonds. The van der Waals surface area contributed by atoms with E-state index in [1.807, 2.05) is 4.90 Å². The molecule has 2 aliphatic rings. The summed E-state index contributed by atoms with van der Waals surface area (Å²) < 4.78 is 0. The largest absolute Gasteiger partial charge is 0.478 e. The highest BCUT2D eigenvalue weighted by Crippen LogP contribution is 2.19. The average Bonchev–Trinajstić information content (AvgIpc) is 3.43. The number of carbonyl (C=O) groups is 2. The number of anilines is 1. The molecule has 28 heavy (non-hydrogen) atoms. The maximum absolute atomic E-state index is 12.2. The van der Waals surface area contributed by atoms with E-state index in [1.54, 1.807) is 35.8 Å². The van der Waals surface area contributed by atoms with E-state index in [1.165, 1.54) is 18.5 Å². The summed E-state index contributed by atoms with van der Waals surface area (Å²) >= 11 is 0. The summed E-state index contributed by atoms with van der Waals surface area (Å²) in [6.07, 6.45) is 6.21. The molecule has 0 aliphatic carbocycles. The zero-order chi connectivity index (χ0) is 19.8. The first-order valence-corrected chi connectivity index (χ1v) is 8.68. The molecular weight excluding hydrogens is 364 g/mol. The van der Waals surface area contributed by atoms with Crippen molar-refractivity contribution >= 4 is 24.1 Å². The number of hydrogen-bond donors (Lipinski definition) is 2. The third-order valence-electron chi connectivity index (χ3n) is 3.92. The molecule has 10 heteroatoms. The smallest absolute Gasteiger partial charge is 0.360 e. The molecule has 0 saturated carbocycles. The molecule has 146 valence electrons. The quantitative estimate of drug-likeness (QED) is 0.782. The van der Waals surface area contributed by atoms with E-state index in [-0.39, 0.29) is 11.5 Å². The fourth-order valence-electron chi connectivity index (χ4n) is 2.55. The molecule has 2 aromatic heterocycles. The van der Waals surface area contributed by atoms with Gasteiger partial charge in [0.1, 0.15) is 11.4 Å². The monoisotopic (exact) mass is 384 g/mol. The Morgan fingerprint density at radius 3 is 2.64 bits per heavy atom. The van der Waals surface area contributed by atoms with E-state index in [0.717, 1.165) is 19.6 Å². The normalized spacial score (nSPS) is 15.8. The number of hydroxylamine groups is 2. The standard InChI is InChI=1S/C12H15N5O2.C6H5NO2/c18-12(19-17-7-5-14-9-17)10-2-1-3-15-11(10)16-6-4-13-8-16;8-6(9)5-2-1-3-7-4-5/h1-3,8,14H,4-7,9H2;1-4H,(H,8,9). The van der Waals surface area contributed by atoms with Crippen molar-refractivity contribution in [2.45, 2.75) is 0 Å². The summed E-state index contributed by atoms with van der Waals surface area (Å²) in [5.74, 6) is -0.726. The second-order valence-corrected chi connectivity index (χ2v) is 5.88. The Morgan fingerprint density at radius 2 is 2.04 bits per heavy atom. The van der Waals surface area contributed by atoms with Crippen LogP contribution in [0.15, 0.2) is 47.8 Å². The average molecular weight is 384 g/mol. The zero-order valence-corrected chi connectivity index (χ0v) is 15.1. The minimum Gasteiger partial charge on any atom is -0.478 e. The molecule has 0 spiro atoms. The number of carboxylic acid groups (broad SMARTS) is 1. The van der Waals surface area contributed by atoms with Crippen molar-refractivity contribution < 1.29 is 19.5 Å². The summed E-state index contributed by atoms with van der Waals surface area (Å²) in [5, 5.41) is 13.1. The molecule has 0 aromatic carbocycles. The SMILES string of the molecule is O=C(O)c1cccnc1.O=C(ON1CCNC1)c1cccnc1N1C=NCC1. The molecule has 2 aromatic rings. The number of nitrogens with zero attached hydrogens (tertiary/aromatic N) is 5. The van der Waals surface area contributed by atoms with Crippen LogP contribution in [0, 0.1) is 0 Å². The molecule has 1 saturated heterocycles. The molecule has 0 atom stereocenters. The highest BCUT2D eigenvalue weighted by atomic mass is 16.7. The van der Waals surface area contributed by atoms with Crippen molar-refractivity contribution in [3.05, 3.63) is 54.0 Å². The lowest BCUT2D eigenvalue weighted by atomic mass is 10.2. The van der Waals surface area contributed by atoms with Crippen molar-refractivity contribution in [1.82, 2.24) is 20.3 Å². The first kappa shape index (κ1) is 19.4.